The number of aromatic hydroxyl groups is 1. The normalized spacial score (nSPS) is 11.1. The number of rotatable bonds is 4. The third kappa shape index (κ3) is 3.05. The Kier molecular flexibility index (Phi) is 4.20. The molecule has 0 fully saturated rings. The Morgan fingerprint density at radius 3 is 2.50 bits per heavy atom. The zero-order chi connectivity index (χ0) is 14.8. The molecule has 0 aliphatic rings. The molecular formula is C13H12BrNO4S. The summed E-state index contributed by atoms with van der Waals surface area (Å²) < 4.78 is 32.2. The Balaban J connectivity index is 2.34. The lowest BCUT2D eigenvalue weighted by molar-refractivity contribution is 0.373. The van der Waals surface area contributed by atoms with E-state index in [0.29, 0.717) is 4.47 Å². The van der Waals surface area contributed by atoms with Crippen molar-refractivity contribution in [2.75, 3.05) is 11.8 Å². The quantitative estimate of drug-likeness (QED) is 0.881. The summed E-state index contributed by atoms with van der Waals surface area (Å²) in [6.07, 6.45) is 0. The number of hydrogen-bond acceptors (Lipinski definition) is 4. The minimum atomic E-state index is -3.73. The lowest BCUT2D eigenvalue weighted by atomic mass is 10.3. The Labute approximate surface area is 125 Å². The highest BCUT2D eigenvalue weighted by Gasteiger charge is 2.17. The van der Waals surface area contributed by atoms with Crippen molar-refractivity contribution in [2.24, 2.45) is 0 Å². The Hall–Kier alpha value is -1.73. The van der Waals surface area contributed by atoms with Crippen LogP contribution in [0.1, 0.15) is 0 Å². The first-order valence-corrected chi connectivity index (χ1v) is 7.86. The van der Waals surface area contributed by atoms with Gasteiger partial charge in [0.25, 0.3) is 10.0 Å². The monoisotopic (exact) mass is 357 g/mol. The van der Waals surface area contributed by atoms with E-state index in [4.69, 9.17) is 4.74 Å². The number of phenols is 1. The highest BCUT2D eigenvalue weighted by atomic mass is 79.9. The second kappa shape index (κ2) is 5.72. The number of phenolic OH excluding ortho intramolecular Hbond substituents is 1. The molecule has 0 unspecified atom stereocenters. The number of nitrogens with one attached hydrogen (secondary N) is 1. The van der Waals surface area contributed by atoms with Gasteiger partial charge in [0.05, 0.1) is 12.8 Å². The first kappa shape index (κ1) is 14.7. The van der Waals surface area contributed by atoms with Crippen molar-refractivity contribution in [3.8, 4) is 11.5 Å². The molecule has 0 bridgehead atoms. The fourth-order valence-electron chi connectivity index (χ4n) is 1.63. The zero-order valence-electron chi connectivity index (χ0n) is 10.5. The van der Waals surface area contributed by atoms with Crippen LogP contribution in [0.25, 0.3) is 0 Å². The van der Waals surface area contributed by atoms with Gasteiger partial charge in [-0.3, -0.25) is 4.72 Å². The molecule has 0 aliphatic carbocycles. The van der Waals surface area contributed by atoms with Crippen LogP contribution in [-0.4, -0.2) is 20.6 Å². The molecule has 0 aromatic heterocycles. The van der Waals surface area contributed by atoms with E-state index in [2.05, 4.69) is 20.7 Å². The summed E-state index contributed by atoms with van der Waals surface area (Å²) >= 11 is 3.19. The van der Waals surface area contributed by atoms with Gasteiger partial charge in [-0.05, 0) is 40.2 Å². The van der Waals surface area contributed by atoms with Gasteiger partial charge in [-0.1, -0.05) is 12.1 Å². The summed E-state index contributed by atoms with van der Waals surface area (Å²) in [5.41, 5.74) is 0.249. The van der Waals surface area contributed by atoms with Gasteiger partial charge < -0.3 is 9.84 Å². The van der Waals surface area contributed by atoms with Crippen molar-refractivity contribution in [3.63, 3.8) is 0 Å². The molecule has 2 N–H and O–H groups in total. The van der Waals surface area contributed by atoms with Crippen LogP contribution in [0.15, 0.2) is 51.8 Å². The van der Waals surface area contributed by atoms with Crippen LogP contribution in [0.2, 0.25) is 0 Å². The molecule has 0 aliphatic heterocycles. The number of methoxy groups -OCH3 is 1. The predicted octanol–water partition coefficient (Wildman–Crippen LogP) is 2.96. The van der Waals surface area contributed by atoms with E-state index >= 15 is 0 Å². The van der Waals surface area contributed by atoms with Gasteiger partial charge in [0, 0.05) is 10.5 Å². The smallest absolute Gasteiger partial charge is 0.263 e. The number of hydrogen-bond donors (Lipinski definition) is 2. The van der Waals surface area contributed by atoms with Crippen molar-refractivity contribution >= 4 is 31.6 Å². The van der Waals surface area contributed by atoms with Crippen LogP contribution in [0.3, 0.4) is 0 Å². The van der Waals surface area contributed by atoms with E-state index < -0.39 is 10.0 Å². The topological polar surface area (TPSA) is 75.6 Å². The highest BCUT2D eigenvalue weighted by molar-refractivity contribution is 9.10. The van der Waals surface area contributed by atoms with Crippen LogP contribution in [0.5, 0.6) is 11.5 Å². The molecule has 0 saturated carbocycles. The van der Waals surface area contributed by atoms with Crippen LogP contribution in [0, 0.1) is 0 Å². The average molecular weight is 358 g/mol. The molecule has 2 aromatic rings. The molecule has 0 heterocycles. The van der Waals surface area contributed by atoms with Crippen LogP contribution >= 0.6 is 15.9 Å². The standard InChI is InChI=1S/C13H12BrNO4S/c1-19-12-7-6-9(8-11(12)16)15-20(17,18)13-5-3-2-4-10(13)14/h2-8,15-16H,1H3. The maximum Gasteiger partial charge on any atom is 0.263 e. The van der Waals surface area contributed by atoms with E-state index in [1.807, 2.05) is 0 Å². The molecule has 106 valence electrons. The van der Waals surface area contributed by atoms with Gasteiger partial charge in [0.2, 0.25) is 0 Å². The second-order valence-electron chi connectivity index (χ2n) is 3.92. The van der Waals surface area contributed by atoms with Gasteiger partial charge in [0.15, 0.2) is 11.5 Å². The van der Waals surface area contributed by atoms with Crippen LogP contribution in [0.4, 0.5) is 5.69 Å². The maximum atomic E-state index is 12.2. The molecular weight excluding hydrogens is 346 g/mol. The summed E-state index contributed by atoms with van der Waals surface area (Å²) in [5, 5.41) is 9.64. The minimum absolute atomic E-state index is 0.121. The van der Waals surface area contributed by atoms with E-state index in [9.17, 15) is 13.5 Å². The van der Waals surface area contributed by atoms with Gasteiger partial charge in [-0.25, -0.2) is 8.42 Å². The number of halogens is 1. The van der Waals surface area contributed by atoms with Crippen LogP contribution in [-0.2, 0) is 10.0 Å². The number of sulfonamides is 1. The molecule has 2 aromatic carbocycles. The summed E-state index contributed by atoms with van der Waals surface area (Å²) in [5.74, 6) is 0.133. The summed E-state index contributed by atoms with van der Waals surface area (Å²) in [6.45, 7) is 0. The van der Waals surface area contributed by atoms with Gasteiger partial charge in [-0.2, -0.15) is 0 Å². The minimum Gasteiger partial charge on any atom is -0.504 e. The molecule has 2 rings (SSSR count). The van der Waals surface area contributed by atoms with Crippen LogP contribution < -0.4 is 9.46 Å². The van der Waals surface area contributed by atoms with Gasteiger partial charge in [-0.15, -0.1) is 0 Å². The number of ether oxygens (including phenoxy) is 1. The van der Waals surface area contributed by atoms with Crippen molar-refractivity contribution in [1.29, 1.82) is 0 Å². The number of benzene rings is 2. The Bertz CT molecular complexity index is 731. The molecule has 0 saturated heterocycles. The first-order valence-electron chi connectivity index (χ1n) is 5.58. The SMILES string of the molecule is COc1ccc(NS(=O)(=O)c2ccccc2Br)cc1O. The summed E-state index contributed by atoms with van der Waals surface area (Å²) in [7, 11) is -2.31. The van der Waals surface area contributed by atoms with E-state index in [-0.39, 0.29) is 22.1 Å². The van der Waals surface area contributed by atoms with Crippen molar-refractivity contribution in [3.05, 3.63) is 46.9 Å². The summed E-state index contributed by atoms with van der Waals surface area (Å²) in [6, 6.07) is 10.7. The Morgan fingerprint density at radius 2 is 1.90 bits per heavy atom. The zero-order valence-corrected chi connectivity index (χ0v) is 12.9. The van der Waals surface area contributed by atoms with Crippen molar-refractivity contribution < 1.29 is 18.3 Å². The molecule has 5 nitrogen and oxygen atoms in total. The van der Waals surface area contributed by atoms with Gasteiger partial charge in [0.1, 0.15) is 4.90 Å². The number of anilines is 1. The second-order valence-corrected chi connectivity index (χ2v) is 6.43. The molecule has 0 radical (unpaired) electrons. The van der Waals surface area contributed by atoms with Crippen molar-refractivity contribution in [2.45, 2.75) is 4.90 Å². The first-order chi connectivity index (χ1) is 9.44. The Morgan fingerprint density at radius 1 is 1.20 bits per heavy atom. The predicted molar refractivity (Wildman–Crippen MR) is 79.6 cm³/mol. The fraction of sp³-hybridized carbons (Fsp3) is 0.0769. The average Bonchev–Trinajstić information content (AvgIpc) is 2.38. The molecule has 7 heteroatoms. The third-order valence-corrected chi connectivity index (χ3v) is 4.95. The molecule has 20 heavy (non-hydrogen) atoms. The van der Waals surface area contributed by atoms with E-state index in [1.165, 1.54) is 31.4 Å². The largest absolute Gasteiger partial charge is 0.504 e. The third-order valence-electron chi connectivity index (χ3n) is 2.56. The van der Waals surface area contributed by atoms with Crippen molar-refractivity contribution in [1.82, 2.24) is 0 Å². The van der Waals surface area contributed by atoms with E-state index in [1.54, 1.807) is 18.2 Å². The van der Waals surface area contributed by atoms with E-state index in [0.717, 1.165) is 0 Å². The lowest BCUT2D eigenvalue weighted by Crippen LogP contribution is -2.13. The lowest BCUT2D eigenvalue weighted by Gasteiger charge is -2.11. The molecule has 0 atom stereocenters. The summed E-state index contributed by atoms with van der Waals surface area (Å²) in [4.78, 5) is 0.121. The fourth-order valence-corrected chi connectivity index (χ4v) is 3.68. The maximum absolute atomic E-state index is 12.2. The highest BCUT2D eigenvalue weighted by Crippen LogP contribution is 2.30. The van der Waals surface area contributed by atoms with Gasteiger partial charge >= 0.3 is 0 Å². The molecule has 0 amide bonds. The molecule has 0 spiro atoms.